The van der Waals surface area contributed by atoms with Crippen molar-refractivity contribution in [1.82, 2.24) is 5.32 Å². The predicted octanol–water partition coefficient (Wildman–Crippen LogP) is 1.83. The number of benzene rings is 1. The number of rotatable bonds is 6. The summed E-state index contributed by atoms with van der Waals surface area (Å²) in [7, 11) is 3.93. The Kier molecular flexibility index (Phi) is 6.46. The van der Waals surface area contributed by atoms with E-state index in [0.29, 0.717) is 6.61 Å². The van der Waals surface area contributed by atoms with Crippen molar-refractivity contribution in [1.29, 1.82) is 0 Å². The van der Waals surface area contributed by atoms with Gasteiger partial charge < -0.3 is 15.0 Å². The Balaban J connectivity index is 2.55. The number of anilines is 1. The third kappa shape index (κ3) is 5.69. The van der Waals surface area contributed by atoms with Crippen LogP contribution in [0.3, 0.4) is 0 Å². The summed E-state index contributed by atoms with van der Waals surface area (Å²) in [6.45, 7) is 3.62. The van der Waals surface area contributed by atoms with Crippen molar-refractivity contribution < 1.29 is 14.3 Å². The molecule has 0 spiro atoms. The zero-order chi connectivity index (χ0) is 15.8. The number of amides is 1. The van der Waals surface area contributed by atoms with Gasteiger partial charge in [-0.2, -0.15) is 0 Å². The highest BCUT2D eigenvalue weighted by molar-refractivity contribution is 5.94. The molecule has 0 radical (unpaired) electrons. The minimum absolute atomic E-state index is 0.299. The van der Waals surface area contributed by atoms with Gasteiger partial charge in [-0.05, 0) is 37.6 Å². The summed E-state index contributed by atoms with van der Waals surface area (Å²) in [5.74, 6) is -0.762. The summed E-state index contributed by atoms with van der Waals surface area (Å²) in [5, 5.41) is 2.56. The van der Waals surface area contributed by atoms with E-state index in [0.717, 1.165) is 11.3 Å². The number of hydrogen-bond acceptors (Lipinski definition) is 4. The molecule has 114 valence electrons. The van der Waals surface area contributed by atoms with Crippen molar-refractivity contribution in [3.8, 4) is 0 Å². The van der Waals surface area contributed by atoms with E-state index in [4.69, 9.17) is 4.74 Å². The van der Waals surface area contributed by atoms with E-state index in [1.807, 2.05) is 43.3 Å². The van der Waals surface area contributed by atoms with Crippen LogP contribution >= 0.6 is 0 Å². The van der Waals surface area contributed by atoms with E-state index in [2.05, 4.69) is 5.32 Å². The van der Waals surface area contributed by atoms with Gasteiger partial charge in [-0.15, -0.1) is 0 Å². The molecule has 0 fully saturated rings. The molecule has 1 amide bonds. The molecule has 5 heteroatoms. The van der Waals surface area contributed by atoms with E-state index in [9.17, 15) is 9.59 Å². The van der Waals surface area contributed by atoms with Crippen LogP contribution in [-0.4, -0.2) is 38.6 Å². The molecule has 0 heterocycles. The lowest BCUT2D eigenvalue weighted by molar-refractivity contribution is -0.146. The second-order valence-electron chi connectivity index (χ2n) is 4.80. The van der Waals surface area contributed by atoms with Crippen LogP contribution in [0.4, 0.5) is 5.69 Å². The van der Waals surface area contributed by atoms with Gasteiger partial charge in [0.25, 0.3) is 0 Å². The van der Waals surface area contributed by atoms with E-state index in [-0.39, 0.29) is 5.91 Å². The molecule has 0 aliphatic rings. The number of nitrogens with zero attached hydrogens (tertiary/aromatic N) is 1. The maximum absolute atomic E-state index is 11.7. The van der Waals surface area contributed by atoms with Gasteiger partial charge in [0.15, 0.2) is 0 Å². The monoisotopic (exact) mass is 290 g/mol. The SMILES string of the molecule is CCOC(=O)C(C)NC(=O)C=Cc1ccc(N(C)C)cc1. The number of esters is 1. The maximum Gasteiger partial charge on any atom is 0.328 e. The summed E-state index contributed by atoms with van der Waals surface area (Å²) < 4.78 is 4.82. The highest BCUT2D eigenvalue weighted by atomic mass is 16.5. The normalized spacial score (nSPS) is 12.0. The average Bonchev–Trinajstić information content (AvgIpc) is 2.45. The number of carbonyl (C=O) groups excluding carboxylic acids is 2. The number of ether oxygens (including phenoxy) is 1. The van der Waals surface area contributed by atoms with Crippen LogP contribution in [0.15, 0.2) is 30.3 Å². The Hall–Kier alpha value is -2.30. The topological polar surface area (TPSA) is 58.6 Å². The summed E-state index contributed by atoms with van der Waals surface area (Å²) in [6, 6.07) is 7.14. The van der Waals surface area contributed by atoms with Gasteiger partial charge in [-0.25, -0.2) is 4.79 Å². The molecule has 0 saturated heterocycles. The van der Waals surface area contributed by atoms with Crippen LogP contribution in [0.5, 0.6) is 0 Å². The fraction of sp³-hybridized carbons (Fsp3) is 0.375. The highest BCUT2D eigenvalue weighted by Gasteiger charge is 2.14. The second kappa shape index (κ2) is 8.09. The Morgan fingerprint density at radius 2 is 1.90 bits per heavy atom. The highest BCUT2D eigenvalue weighted by Crippen LogP contribution is 2.12. The van der Waals surface area contributed by atoms with E-state index in [1.165, 1.54) is 6.08 Å². The van der Waals surface area contributed by atoms with Gasteiger partial charge in [-0.3, -0.25) is 4.79 Å². The molecule has 5 nitrogen and oxygen atoms in total. The van der Waals surface area contributed by atoms with Crippen LogP contribution in [0, 0.1) is 0 Å². The zero-order valence-corrected chi connectivity index (χ0v) is 12.9. The first-order chi connectivity index (χ1) is 9.93. The molecule has 0 saturated carbocycles. The van der Waals surface area contributed by atoms with Crippen LogP contribution in [0.2, 0.25) is 0 Å². The minimum Gasteiger partial charge on any atom is -0.464 e. The molecule has 0 aromatic heterocycles. The van der Waals surface area contributed by atoms with Crippen molar-refractivity contribution >= 4 is 23.6 Å². The van der Waals surface area contributed by atoms with Gasteiger partial charge in [-0.1, -0.05) is 12.1 Å². The lowest BCUT2D eigenvalue weighted by Crippen LogP contribution is -2.38. The van der Waals surface area contributed by atoms with Gasteiger partial charge in [0.2, 0.25) is 5.91 Å². The molecular weight excluding hydrogens is 268 g/mol. The Morgan fingerprint density at radius 1 is 1.29 bits per heavy atom. The predicted molar refractivity (Wildman–Crippen MR) is 84.0 cm³/mol. The van der Waals surface area contributed by atoms with Gasteiger partial charge in [0, 0.05) is 25.9 Å². The van der Waals surface area contributed by atoms with Crippen LogP contribution in [-0.2, 0) is 14.3 Å². The Labute approximate surface area is 125 Å². The fourth-order valence-corrected chi connectivity index (χ4v) is 1.64. The summed E-state index contributed by atoms with van der Waals surface area (Å²) >= 11 is 0. The maximum atomic E-state index is 11.7. The molecule has 0 aliphatic heterocycles. The molecule has 1 atom stereocenters. The lowest BCUT2D eigenvalue weighted by atomic mass is 10.2. The lowest BCUT2D eigenvalue weighted by Gasteiger charge is -2.12. The number of carbonyl (C=O) groups is 2. The molecule has 1 unspecified atom stereocenters. The summed E-state index contributed by atoms with van der Waals surface area (Å²) in [6.07, 6.45) is 3.10. The van der Waals surface area contributed by atoms with Crippen molar-refractivity contribution in [3.63, 3.8) is 0 Å². The first-order valence-corrected chi connectivity index (χ1v) is 6.86. The van der Waals surface area contributed by atoms with Crippen LogP contribution in [0.25, 0.3) is 6.08 Å². The molecule has 21 heavy (non-hydrogen) atoms. The van der Waals surface area contributed by atoms with Crippen LogP contribution in [0.1, 0.15) is 19.4 Å². The first kappa shape index (κ1) is 16.8. The smallest absolute Gasteiger partial charge is 0.328 e. The standard InChI is InChI=1S/C16H22N2O3/c1-5-21-16(20)12(2)17-15(19)11-8-13-6-9-14(10-7-13)18(3)4/h6-12H,5H2,1-4H3,(H,17,19). The summed E-state index contributed by atoms with van der Waals surface area (Å²) in [5.41, 5.74) is 2.01. The quantitative estimate of drug-likeness (QED) is 0.641. The van der Waals surface area contributed by atoms with E-state index < -0.39 is 12.0 Å². The number of nitrogens with one attached hydrogen (secondary N) is 1. The third-order valence-electron chi connectivity index (χ3n) is 2.84. The van der Waals surface area contributed by atoms with Crippen LogP contribution < -0.4 is 10.2 Å². The molecule has 0 aliphatic carbocycles. The van der Waals surface area contributed by atoms with Crippen molar-refractivity contribution in [3.05, 3.63) is 35.9 Å². The largest absolute Gasteiger partial charge is 0.464 e. The van der Waals surface area contributed by atoms with Gasteiger partial charge in [0.1, 0.15) is 6.04 Å². The van der Waals surface area contributed by atoms with E-state index >= 15 is 0 Å². The van der Waals surface area contributed by atoms with E-state index in [1.54, 1.807) is 19.9 Å². The average molecular weight is 290 g/mol. The molecule has 1 aromatic rings. The molecular formula is C16H22N2O3. The zero-order valence-electron chi connectivity index (χ0n) is 12.9. The van der Waals surface area contributed by atoms with Gasteiger partial charge in [0.05, 0.1) is 6.61 Å². The number of hydrogen-bond donors (Lipinski definition) is 1. The van der Waals surface area contributed by atoms with Crippen molar-refractivity contribution in [2.75, 3.05) is 25.6 Å². The fourth-order valence-electron chi connectivity index (χ4n) is 1.64. The Bertz CT molecular complexity index is 507. The molecule has 0 bridgehead atoms. The van der Waals surface area contributed by atoms with Gasteiger partial charge >= 0.3 is 5.97 Å². The Morgan fingerprint density at radius 3 is 2.43 bits per heavy atom. The molecule has 1 rings (SSSR count). The van der Waals surface area contributed by atoms with Crippen molar-refractivity contribution in [2.45, 2.75) is 19.9 Å². The summed E-state index contributed by atoms with van der Waals surface area (Å²) in [4.78, 5) is 25.1. The van der Waals surface area contributed by atoms with Crippen molar-refractivity contribution in [2.24, 2.45) is 0 Å². The minimum atomic E-state index is -0.654. The third-order valence-corrected chi connectivity index (χ3v) is 2.84. The first-order valence-electron chi connectivity index (χ1n) is 6.86. The second-order valence-corrected chi connectivity index (χ2v) is 4.80. The molecule has 1 aromatic carbocycles. The molecule has 1 N–H and O–H groups in total.